The molecule has 3 aromatic rings. The highest BCUT2D eigenvalue weighted by atomic mass is 35.5. The van der Waals surface area contributed by atoms with E-state index in [4.69, 9.17) is 34.4 Å². The van der Waals surface area contributed by atoms with Gasteiger partial charge in [-0.05, 0) is 38.3 Å². The summed E-state index contributed by atoms with van der Waals surface area (Å²) in [5, 5.41) is 0.947. The Balaban J connectivity index is 1.73. The maximum absolute atomic E-state index is 13.4. The molecule has 0 saturated carbocycles. The van der Waals surface area contributed by atoms with Gasteiger partial charge < -0.3 is 9.72 Å². The van der Waals surface area contributed by atoms with Gasteiger partial charge in [0.1, 0.15) is 12.4 Å². The first-order valence-electron chi connectivity index (χ1n) is 8.79. The fourth-order valence-electron chi connectivity index (χ4n) is 3.51. The van der Waals surface area contributed by atoms with E-state index in [1.54, 1.807) is 18.3 Å². The SMILES string of the molecule is C#CCOc1c(C)cnc2c1CCCC2S(=O)c1nc2cc(Cl)c(Cl)cc2[nH]1. The second kappa shape index (κ2) is 7.75. The average molecular weight is 434 g/mol. The van der Waals surface area contributed by atoms with Gasteiger partial charge in [-0.15, -0.1) is 6.42 Å². The van der Waals surface area contributed by atoms with Crippen LogP contribution in [0.5, 0.6) is 5.75 Å². The minimum atomic E-state index is -1.41. The van der Waals surface area contributed by atoms with Gasteiger partial charge in [0.05, 0.1) is 42.8 Å². The molecular weight excluding hydrogens is 417 g/mol. The lowest BCUT2D eigenvalue weighted by Crippen LogP contribution is -2.19. The molecule has 28 heavy (non-hydrogen) atoms. The summed E-state index contributed by atoms with van der Waals surface area (Å²) in [7, 11) is -1.41. The van der Waals surface area contributed by atoms with Gasteiger partial charge in [-0.3, -0.25) is 9.19 Å². The molecule has 0 fully saturated rings. The summed E-state index contributed by atoms with van der Waals surface area (Å²) in [6, 6.07) is 3.35. The van der Waals surface area contributed by atoms with Gasteiger partial charge in [0.2, 0.25) is 0 Å². The van der Waals surface area contributed by atoms with Gasteiger partial charge in [-0.25, -0.2) is 4.98 Å². The van der Waals surface area contributed by atoms with Crippen LogP contribution in [0.1, 0.15) is 34.9 Å². The number of imidazole rings is 1. The highest BCUT2D eigenvalue weighted by Gasteiger charge is 2.32. The van der Waals surface area contributed by atoms with E-state index < -0.39 is 10.8 Å². The molecule has 1 aliphatic rings. The lowest BCUT2D eigenvalue weighted by molar-refractivity contribution is 0.359. The Morgan fingerprint density at radius 1 is 1.39 bits per heavy atom. The number of terminal acetylenes is 1. The molecule has 0 amide bonds. The number of pyridine rings is 1. The van der Waals surface area contributed by atoms with Crippen molar-refractivity contribution in [1.29, 1.82) is 0 Å². The van der Waals surface area contributed by atoms with Gasteiger partial charge in [-0.2, -0.15) is 0 Å². The van der Waals surface area contributed by atoms with E-state index in [0.29, 0.717) is 26.2 Å². The standard InChI is InChI=1S/C20H17Cl2N3O2S/c1-3-7-27-19-11(2)10-23-18-12(19)5-4-6-17(18)28(26)20-24-15-8-13(21)14(22)9-16(15)25-20/h1,8-10,17H,4-7H2,2H3,(H,24,25). The summed E-state index contributed by atoms with van der Waals surface area (Å²) in [6.45, 7) is 2.13. The third-order valence-electron chi connectivity index (χ3n) is 4.79. The molecular formula is C20H17Cl2N3O2S. The monoisotopic (exact) mass is 433 g/mol. The number of nitrogens with one attached hydrogen (secondary N) is 1. The normalized spacial score (nSPS) is 17.1. The largest absolute Gasteiger partial charge is 0.480 e. The van der Waals surface area contributed by atoms with Crippen molar-refractivity contribution in [1.82, 2.24) is 15.0 Å². The second-order valence-electron chi connectivity index (χ2n) is 6.63. The van der Waals surface area contributed by atoms with Crippen LogP contribution in [0.15, 0.2) is 23.5 Å². The van der Waals surface area contributed by atoms with Crippen molar-refractivity contribution in [2.24, 2.45) is 0 Å². The Bertz CT molecular complexity index is 1100. The van der Waals surface area contributed by atoms with E-state index in [0.717, 1.165) is 41.8 Å². The number of hydrogen-bond donors (Lipinski definition) is 1. The maximum Gasteiger partial charge on any atom is 0.198 e. The number of rotatable bonds is 4. The lowest BCUT2D eigenvalue weighted by atomic mass is 9.93. The molecule has 2 heterocycles. The average Bonchev–Trinajstić information content (AvgIpc) is 3.09. The molecule has 0 saturated heterocycles. The predicted octanol–water partition coefficient (Wildman–Crippen LogP) is 4.77. The van der Waals surface area contributed by atoms with Gasteiger partial charge in [0.25, 0.3) is 0 Å². The van der Waals surface area contributed by atoms with Crippen LogP contribution in [0.25, 0.3) is 11.0 Å². The van der Waals surface area contributed by atoms with Crippen LogP contribution in [-0.4, -0.2) is 25.8 Å². The van der Waals surface area contributed by atoms with Crippen LogP contribution in [0, 0.1) is 19.3 Å². The van der Waals surface area contributed by atoms with Crippen molar-refractivity contribution >= 4 is 45.0 Å². The summed E-state index contributed by atoms with van der Waals surface area (Å²) < 4.78 is 19.1. The maximum atomic E-state index is 13.4. The van der Waals surface area contributed by atoms with Crippen molar-refractivity contribution < 1.29 is 8.95 Å². The highest BCUT2D eigenvalue weighted by Crippen LogP contribution is 2.40. The first-order chi connectivity index (χ1) is 13.5. The molecule has 2 aromatic heterocycles. The summed E-state index contributed by atoms with van der Waals surface area (Å²) in [4.78, 5) is 12.2. The Morgan fingerprint density at radius 2 is 2.18 bits per heavy atom. The number of H-pyrrole nitrogens is 1. The van der Waals surface area contributed by atoms with Crippen molar-refractivity contribution in [3.8, 4) is 18.1 Å². The zero-order valence-corrected chi connectivity index (χ0v) is 17.4. The topological polar surface area (TPSA) is 67.9 Å². The molecule has 2 atom stereocenters. The van der Waals surface area contributed by atoms with E-state index in [1.165, 1.54) is 0 Å². The van der Waals surface area contributed by atoms with E-state index >= 15 is 0 Å². The minimum Gasteiger partial charge on any atom is -0.480 e. The first kappa shape index (κ1) is 19.3. The molecule has 0 bridgehead atoms. The van der Waals surface area contributed by atoms with Crippen LogP contribution >= 0.6 is 23.2 Å². The van der Waals surface area contributed by atoms with Crippen LogP contribution in [0.3, 0.4) is 0 Å². The predicted molar refractivity (Wildman–Crippen MR) is 112 cm³/mol. The third-order valence-corrected chi connectivity index (χ3v) is 7.06. The van der Waals surface area contributed by atoms with E-state index in [9.17, 15) is 4.21 Å². The fourth-order valence-corrected chi connectivity index (χ4v) is 5.29. The molecule has 2 unspecified atom stereocenters. The summed E-state index contributed by atoms with van der Waals surface area (Å²) >= 11 is 12.1. The quantitative estimate of drug-likeness (QED) is 0.601. The molecule has 0 aliphatic heterocycles. The second-order valence-corrected chi connectivity index (χ2v) is 9.00. The molecule has 5 nitrogen and oxygen atoms in total. The number of halogens is 2. The van der Waals surface area contributed by atoms with Gasteiger partial charge >= 0.3 is 0 Å². The molecule has 1 aliphatic carbocycles. The van der Waals surface area contributed by atoms with Crippen LogP contribution in [0.4, 0.5) is 0 Å². The Morgan fingerprint density at radius 3 is 2.96 bits per heavy atom. The summed E-state index contributed by atoms with van der Waals surface area (Å²) in [6.07, 6.45) is 9.55. The molecule has 0 radical (unpaired) electrons. The highest BCUT2D eigenvalue weighted by molar-refractivity contribution is 7.85. The van der Waals surface area contributed by atoms with Crippen LogP contribution in [-0.2, 0) is 17.2 Å². The zero-order valence-electron chi connectivity index (χ0n) is 15.1. The number of hydrogen-bond acceptors (Lipinski definition) is 4. The van der Waals surface area contributed by atoms with E-state index in [1.807, 2.05) is 6.92 Å². The molecule has 4 rings (SSSR count). The number of nitrogens with zero attached hydrogens (tertiary/aromatic N) is 2. The van der Waals surface area contributed by atoms with E-state index in [2.05, 4.69) is 20.9 Å². The van der Waals surface area contributed by atoms with Crippen molar-refractivity contribution in [2.45, 2.75) is 36.6 Å². The zero-order chi connectivity index (χ0) is 19.8. The van der Waals surface area contributed by atoms with Gasteiger partial charge in [-0.1, -0.05) is 29.1 Å². The minimum absolute atomic E-state index is 0.191. The number of benzene rings is 1. The van der Waals surface area contributed by atoms with Crippen molar-refractivity contribution in [3.05, 3.63) is 45.2 Å². The van der Waals surface area contributed by atoms with Crippen LogP contribution < -0.4 is 4.74 Å². The molecule has 0 spiro atoms. The summed E-state index contributed by atoms with van der Waals surface area (Å²) in [5.41, 5.74) is 4.03. The van der Waals surface area contributed by atoms with Crippen molar-refractivity contribution in [2.75, 3.05) is 6.61 Å². The number of aromatic amines is 1. The molecule has 144 valence electrons. The molecule has 1 N–H and O–H groups in total. The number of aryl methyl sites for hydroxylation is 1. The van der Waals surface area contributed by atoms with Crippen LogP contribution in [0.2, 0.25) is 10.0 Å². The third kappa shape index (κ3) is 3.39. The summed E-state index contributed by atoms with van der Waals surface area (Å²) in [5.74, 6) is 3.25. The fraction of sp³-hybridized carbons (Fsp3) is 0.300. The van der Waals surface area contributed by atoms with Crippen molar-refractivity contribution in [3.63, 3.8) is 0 Å². The Hall–Kier alpha value is -2.07. The number of fused-ring (bicyclic) bond motifs is 2. The van der Waals surface area contributed by atoms with Gasteiger partial charge in [0.15, 0.2) is 5.16 Å². The Kier molecular flexibility index (Phi) is 5.33. The number of aromatic nitrogens is 3. The Labute approximate surface area is 175 Å². The van der Waals surface area contributed by atoms with Gasteiger partial charge in [0, 0.05) is 17.3 Å². The first-order valence-corrected chi connectivity index (χ1v) is 10.8. The lowest BCUT2D eigenvalue weighted by Gasteiger charge is -2.25. The molecule has 8 heteroatoms. The molecule has 1 aromatic carbocycles. The van der Waals surface area contributed by atoms with E-state index in [-0.39, 0.29) is 11.9 Å². The number of ether oxygens (including phenoxy) is 1. The smallest absolute Gasteiger partial charge is 0.198 e.